The van der Waals surface area contributed by atoms with Crippen LogP contribution < -0.4 is 4.90 Å². The largest absolute Gasteiger partial charge is 0.331 e. The topological polar surface area (TPSA) is 33.1 Å². The molecular weight excluding hydrogens is 366 g/mol. The van der Waals surface area contributed by atoms with Crippen LogP contribution >= 0.6 is 0 Å². The van der Waals surface area contributed by atoms with Crippen molar-refractivity contribution >= 4 is 10.8 Å². The van der Waals surface area contributed by atoms with Crippen LogP contribution in [0.4, 0.5) is 0 Å². The van der Waals surface area contributed by atoms with Crippen molar-refractivity contribution in [1.29, 1.82) is 0 Å². The van der Waals surface area contributed by atoms with E-state index in [2.05, 4.69) is 90.8 Å². The Morgan fingerprint density at radius 1 is 0.933 bits per heavy atom. The van der Waals surface area contributed by atoms with Gasteiger partial charge in [-0.25, -0.2) is 0 Å². The van der Waals surface area contributed by atoms with Gasteiger partial charge in [-0.05, 0) is 36.2 Å². The Hall–Kier alpha value is -2.91. The molecule has 3 heteroatoms. The lowest BCUT2D eigenvalue weighted by atomic mass is 9.92. The molecule has 5 rings (SSSR count). The maximum atomic E-state index is 4.69. The summed E-state index contributed by atoms with van der Waals surface area (Å²) in [6.07, 6.45) is 2.44. The van der Waals surface area contributed by atoms with Crippen molar-refractivity contribution in [3.05, 3.63) is 89.1 Å². The molecule has 0 aliphatic carbocycles. The van der Waals surface area contributed by atoms with Gasteiger partial charge in [-0.2, -0.15) is 5.10 Å². The van der Waals surface area contributed by atoms with Crippen LogP contribution in [0.25, 0.3) is 22.0 Å². The summed E-state index contributed by atoms with van der Waals surface area (Å²) in [4.78, 5) is 1.70. The average Bonchev–Trinajstić information content (AvgIpc) is 3.26. The van der Waals surface area contributed by atoms with Gasteiger partial charge in [-0.1, -0.05) is 66.2 Å². The molecule has 1 aliphatic rings. The second kappa shape index (κ2) is 8.08. The Morgan fingerprint density at radius 3 is 2.60 bits per heavy atom. The molecule has 0 unspecified atom stereocenters. The summed E-state index contributed by atoms with van der Waals surface area (Å²) in [6, 6.07) is 24.1. The molecule has 1 aliphatic heterocycles. The van der Waals surface area contributed by atoms with E-state index in [4.69, 9.17) is 0 Å². The first-order valence-corrected chi connectivity index (χ1v) is 11.1. The fourth-order valence-electron chi connectivity index (χ4n) is 4.91. The molecule has 152 valence electrons. The minimum atomic E-state index is 0.587. The van der Waals surface area contributed by atoms with Crippen LogP contribution in [0.15, 0.2) is 66.7 Å². The number of H-pyrrole nitrogens is 1. The monoisotopic (exact) mass is 396 g/mol. The van der Waals surface area contributed by atoms with Gasteiger partial charge in [-0.15, -0.1) is 0 Å². The van der Waals surface area contributed by atoms with E-state index in [1.807, 2.05) is 0 Å². The molecular formula is C27H30N3+. The van der Waals surface area contributed by atoms with Crippen LogP contribution in [-0.2, 0) is 6.54 Å². The number of fused-ring (bicyclic) bond motifs is 1. The van der Waals surface area contributed by atoms with E-state index in [1.54, 1.807) is 4.90 Å². The normalized spacial score (nSPS) is 19.3. The van der Waals surface area contributed by atoms with Gasteiger partial charge in [0.1, 0.15) is 6.54 Å². The van der Waals surface area contributed by atoms with E-state index < -0.39 is 0 Å². The summed E-state index contributed by atoms with van der Waals surface area (Å²) in [7, 11) is 0. The molecule has 3 nitrogen and oxygen atoms in total. The Morgan fingerprint density at radius 2 is 1.73 bits per heavy atom. The SMILES string of the molecule is Cc1ccc(C)c(C[NH+]2CCC(c3cc(-c4cccc5ccccc45)n[nH]3)CC2)c1. The Labute approximate surface area is 178 Å². The third-order valence-corrected chi connectivity index (χ3v) is 6.74. The first kappa shape index (κ1) is 19.1. The van der Waals surface area contributed by atoms with Crippen LogP contribution in [0.3, 0.4) is 0 Å². The van der Waals surface area contributed by atoms with Crippen molar-refractivity contribution in [3.8, 4) is 11.3 Å². The smallest absolute Gasteiger partial charge is 0.103 e. The first-order valence-electron chi connectivity index (χ1n) is 11.1. The summed E-state index contributed by atoms with van der Waals surface area (Å²) in [5.41, 5.74) is 7.86. The van der Waals surface area contributed by atoms with E-state index >= 15 is 0 Å². The van der Waals surface area contributed by atoms with Gasteiger partial charge in [0, 0.05) is 35.6 Å². The van der Waals surface area contributed by atoms with Crippen molar-refractivity contribution < 1.29 is 4.90 Å². The number of likely N-dealkylation sites (tertiary alicyclic amines) is 1. The predicted octanol–water partition coefficient (Wildman–Crippen LogP) is 4.81. The minimum absolute atomic E-state index is 0.587. The van der Waals surface area contributed by atoms with Crippen LogP contribution in [0.2, 0.25) is 0 Å². The molecule has 0 atom stereocenters. The van der Waals surface area contributed by atoms with Crippen molar-refractivity contribution in [2.75, 3.05) is 13.1 Å². The fraction of sp³-hybridized carbons (Fsp3) is 0.296. The molecule has 0 spiro atoms. The third kappa shape index (κ3) is 3.78. The molecule has 0 saturated carbocycles. The van der Waals surface area contributed by atoms with E-state index in [-0.39, 0.29) is 0 Å². The highest BCUT2D eigenvalue weighted by atomic mass is 15.1. The molecule has 1 saturated heterocycles. The van der Waals surface area contributed by atoms with E-state index in [0.29, 0.717) is 5.92 Å². The number of quaternary nitrogens is 1. The number of nitrogens with one attached hydrogen (secondary N) is 2. The first-order chi connectivity index (χ1) is 14.7. The average molecular weight is 397 g/mol. The van der Waals surface area contributed by atoms with E-state index in [0.717, 1.165) is 12.2 Å². The van der Waals surface area contributed by atoms with Gasteiger partial charge in [-0.3, -0.25) is 5.10 Å². The van der Waals surface area contributed by atoms with E-state index in [1.165, 1.54) is 64.7 Å². The number of hydrogen-bond acceptors (Lipinski definition) is 1. The number of piperidine rings is 1. The highest BCUT2D eigenvalue weighted by molar-refractivity contribution is 5.95. The Kier molecular flexibility index (Phi) is 5.14. The number of aryl methyl sites for hydroxylation is 2. The number of hydrogen-bond donors (Lipinski definition) is 2. The third-order valence-electron chi connectivity index (χ3n) is 6.74. The summed E-state index contributed by atoms with van der Waals surface area (Å²) in [6.45, 7) is 8.02. The van der Waals surface area contributed by atoms with Crippen LogP contribution in [0, 0.1) is 13.8 Å². The van der Waals surface area contributed by atoms with Gasteiger partial charge in [0.05, 0.1) is 18.8 Å². The van der Waals surface area contributed by atoms with Gasteiger partial charge in [0.15, 0.2) is 0 Å². The van der Waals surface area contributed by atoms with Gasteiger partial charge in [0.2, 0.25) is 0 Å². The van der Waals surface area contributed by atoms with Crippen LogP contribution in [0.5, 0.6) is 0 Å². The lowest BCUT2D eigenvalue weighted by Gasteiger charge is -2.29. The predicted molar refractivity (Wildman–Crippen MR) is 124 cm³/mol. The molecule has 0 radical (unpaired) electrons. The number of benzene rings is 3. The number of aromatic amines is 1. The van der Waals surface area contributed by atoms with Crippen molar-refractivity contribution in [3.63, 3.8) is 0 Å². The highest BCUT2D eigenvalue weighted by Gasteiger charge is 2.25. The fourth-order valence-corrected chi connectivity index (χ4v) is 4.91. The summed E-state index contributed by atoms with van der Waals surface area (Å²) in [5, 5.41) is 10.6. The number of nitrogens with zero attached hydrogens (tertiary/aromatic N) is 1. The maximum Gasteiger partial charge on any atom is 0.103 e. The highest BCUT2D eigenvalue weighted by Crippen LogP contribution is 2.30. The molecule has 3 aromatic carbocycles. The molecule has 2 N–H and O–H groups in total. The summed E-state index contributed by atoms with van der Waals surface area (Å²) in [5.74, 6) is 0.587. The Balaban J connectivity index is 1.28. The number of aromatic nitrogens is 2. The maximum absolute atomic E-state index is 4.69. The molecule has 1 fully saturated rings. The Bertz CT molecular complexity index is 1160. The minimum Gasteiger partial charge on any atom is -0.331 e. The van der Waals surface area contributed by atoms with Crippen LogP contribution in [-0.4, -0.2) is 23.3 Å². The lowest BCUT2D eigenvalue weighted by molar-refractivity contribution is -0.919. The molecule has 0 bridgehead atoms. The van der Waals surface area contributed by atoms with Gasteiger partial charge >= 0.3 is 0 Å². The van der Waals surface area contributed by atoms with Gasteiger partial charge in [0.25, 0.3) is 0 Å². The molecule has 2 heterocycles. The molecule has 1 aromatic heterocycles. The van der Waals surface area contributed by atoms with Gasteiger partial charge < -0.3 is 4.90 Å². The lowest BCUT2D eigenvalue weighted by Crippen LogP contribution is -3.11. The summed E-state index contributed by atoms with van der Waals surface area (Å²) >= 11 is 0. The zero-order valence-electron chi connectivity index (χ0n) is 17.9. The second-order valence-corrected chi connectivity index (χ2v) is 8.87. The van der Waals surface area contributed by atoms with Crippen LogP contribution in [0.1, 0.15) is 41.1 Å². The summed E-state index contributed by atoms with van der Waals surface area (Å²) < 4.78 is 0. The van der Waals surface area contributed by atoms with E-state index in [9.17, 15) is 0 Å². The number of rotatable bonds is 4. The standard InChI is InChI=1S/C27H29N3/c1-19-10-11-20(2)23(16-19)18-30-14-12-22(13-15-30)26-17-27(29-28-26)25-9-5-7-21-6-3-4-8-24(21)25/h3-11,16-17,22H,12-15,18H2,1-2H3,(H,28,29)/p+1. The molecule has 30 heavy (non-hydrogen) atoms. The second-order valence-electron chi connectivity index (χ2n) is 8.87. The van der Waals surface area contributed by atoms with Crippen molar-refractivity contribution in [2.45, 2.75) is 39.2 Å². The zero-order valence-corrected chi connectivity index (χ0v) is 17.9. The van der Waals surface area contributed by atoms with Crippen molar-refractivity contribution in [2.24, 2.45) is 0 Å². The van der Waals surface area contributed by atoms with Crippen molar-refractivity contribution in [1.82, 2.24) is 10.2 Å². The molecule has 4 aromatic rings. The molecule has 0 amide bonds. The zero-order chi connectivity index (χ0) is 20.5. The quantitative estimate of drug-likeness (QED) is 0.510.